The van der Waals surface area contributed by atoms with E-state index < -0.39 is 10.0 Å². The zero-order chi connectivity index (χ0) is 17.2. The van der Waals surface area contributed by atoms with E-state index in [2.05, 4.69) is 14.7 Å². The van der Waals surface area contributed by atoms with E-state index in [1.807, 2.05) is 0 Å². The molecule has 0 atom stereocenters. The van der Waals surface area contributed by atoms with Gasteiger partial charge in [-0.3, -0.25) is 4.72 Å². The maximum Gasteiger partial charge on any atom is 0.261 e. The highest BCUT2D eigenvalue weighted by Gasteiger charge is 2.15. The number of hydrogen-bond donors (Lipinski definition) is 1. The van der Waals surface area contributed by atoms with Crippen molar-refractivity contribution < 1.29 is 8.42 Å². The summed E-state index contributed by atoms with van der Waals surface area (Å²) in [6.45, 7) is 0. The summed E-state index contributed by atoms with van der Waals surface area (Å²) in [6, 6.07) is 11.0. The van der Waals surface area contributed by atoms with Gasteiger partial charge in [-0.1, -0.05) is 35.3 Å². The van der Waals surface area contributed by atoms with Crippen molar-refractivity contribution in [1.82, 2.24) is 9.97 Å². The fourth-order valence-electron chi connectivity index (χ4n) is 2.08. The van der Waals surface area contributed by atoms with Gasteiger partial charge in [-0.25, -0.2) is 18.4 Å². The Hall–Kier alpha value is -2.15. The van der Waals surface area contributed by atoms with Crippen molar-refractivity contribution in [2.75, 3.05) is 4.72 Å². The molecule has 0 saturated carbocycles. The van der Waals surface area contributed by atoms with Crippen molar-refractivity contribution in [2.45, 2.75) is 4.90 Å². The fraction of sp³-hybridized carbons (Fsp3) is 0. The molecule has 1 heterocycles. The van der Waals surface area contributed by atoms with Crippen LogP contribution in [0.5, 0.6) is 0 Å². The third-order valence-electron chi connectivity index (χ3n) is 3.18. The highest BCUT2D eigenvalue weighted by molar-refractivity contribution is 7.92. The van der Waals surface area contributed by atoms with Crippen LogP contribution >= 0.6 is 23.2 Å². The lowest BCUT2D eigenvalue weighted by molar-refractivity contribution is 0.601. The zero-order valence-electron chi connectivity index (χ0n) is 12.1. The van der Waals surface area contributed by atoms with Crippen LogP contribution in [0.2, 0.25) is 10.0 Å². The first-order valence-corrected chi connectivity index (χ1v) is 9.02. The molecule has 0 unspecified atom stereocenters. The lowest BCUT2D eigenvalue weighted by atomic mass is 10.1. The van der Waals surface area contributed by atoms with Gasteiger partial charge in [-0.15, -0.1) is 0 Å². The second-order valence-electron chi connectivity index (χ2n) is 4.92. The summed E-state index contributed by atoms with van der Waals surface area (Å²) >= 11 is 11.7. The molecular weight excluding hydrogens is 369 g/mol. The molecule has 0 bridgehead atoms. The van der Waals surface area contributed by atoms with Crippen molar-refractivity contribution in [3.8, 4) is 11.1 Å². The van der Waals surface area contributed by atoms with Crippen LogP contribution < -0.4 is 4.72 Å². The van der Waals surface area contributed by atoms with Gasteiger partial charge in [0.1, 0.15) is 6.33 Å². The molecule has 0 amide bonds. The number of sulfonamides is 1. The topological polar surface area (TPSA) is 72.0 Å². The predicted molar refractivity (Wildman–Crippen MR) is 94.7 cm³/mol. The first-order valence-electron chi connectivity index (χ1n) is 6.78. The zero-order valence-corrected chi connectivity index (χ0v) is 14.5. The minimum Gasteiger partial charge on any atom is -0.280 e. The third-order valence-corrected chi connectivity index (χ3v) is 4.97. The Bertz CT molecular complexity index is 942. The number of benzene rings is 2. The molecule has 0 aliphatic carbocycles. The van der Waals surface area contributed by atoms with E-state index in [0.29, 0.717) is 5.69 Å². The van der Waals surface area contributed by atoms with Crippen LogP contribution in [0.15, 0.2) is 66.1 Å². The van der Waals surface area contributed by atoms with Crippen LogP contribution in [-0.4, -0.2) is 18.4 Å². The second-order valence-corrected chi connectivity index (χ2v) is 7.47. The molecule has 8 heteroatoms. The molecule has 24 heavy (non-hydrogen) atoms. The van der Waals surface area contributed by atoms with E-state index in [-0.39, 0.29) is 14.9 Å². The van der Waals surface area contributed by atoms with Crippen LogP contribution in [-0.2, 0) is 10.0 Å². The largest absolute Gasteiger partial charge is 0.280 e. The van der Waals surface area contributed by atoms with Crippen LogP contribution in [0.4, 0.5) is 5.69 Å². The number of halogens is 2. The SMILES string of the molecule is O=S(=O)(Nc1ccc(-c2cncnc2)cc1)c1cc(Cl)cc(Cl)c1. The number of hydrogen-bond acceptors (Lipinski definition) is 4. The summed E-state index contributed by atoms with van der Waals surface area (Å²) in [5.41, 5.74) is 2.14. The lowest BCUT2D eigenvalue weighted by Gasteiger charge is -2.09. The van der Waals surface area contributed by atoms with Gasteiger partial charge in [0.05, 0.1) is 4.90 Å². The van der Waals surface area contributed by atoms with E-state index in [4.69, 9.17) is 23.2 Å². The summed E-state index contributed by atoms with van der Waals surface area (Å²) in [7, 11) is -3.78. The average molecular weight is 380 g/mol. The van der Waals surface area contributed by atoms with E-state index >= 15 is 0 Å². The summed E-state index contributed by atoms with van der Waals surface area (Å²) < 4.78 is 27.3. The predicted octanol–water partition coefficient (Wildman–Crippen LogP) is 4.25. The molecular formula is C16H11Cl2N3O2S. The summed E-state index contributed by atoms with van der Waals surface area (Å²) in [5.74, 6) is 0. The number of anilines is 1. The third kappa shape index (κ3) is 3.84. The van der Waals surface area contributed by atoms with E-state index in [9.17, 15) is 8.42 Å². The van der Waals surface area contributed by atoms with Crippen molar-refractivity contribution >= 4 is 38.9 Å². The number of aromatic nitrogens is 2. The van der Waals surface area contributed by atoms with Crippen LogP contribution in [0.3, 0.4) is 0 Å². The van der Waals surface area contributed by atoms with Gasteiger partial charge in [-0.2, -0.15) is 0 Å². The summed E-state index contributed by atoms with van der Waals surface area (Å²) in [5, 5.41) is 0.504. The van der Waals surface area contributed by atoms with E-state index in [0.717, 1.165) is 11.1 Å². The highest BCUT2D eigenvalue weighted by atomic mass is 35.5. The van der Waals surface area contributed by atoms with Gasteiger partial charge >= 0.3 is 0 Å². The van der Waals surface area contributed by atoms with Crippen LogP contribution in [0.1, 0.15) is 0 Å². The normalized spacial score (nSPS) is 11.2. The maximum atomic E-state index is 12.4. The van der Waals surface area contributed by atoms with Gasteiger partial charge in [0, 0.05) is 33.7 Å². The fourth-order valence-corrected chi connectivity index (χ4v) is 3.86. The monoisotopic (exact) mass is 379 g/mol. The standard InChI is InChI=1S/C16H11Cl2N3O2S/c17-13-5-14(18)7-16(6-13)24(22,23)21-15-3-1-11(2-4-15)12-8-19-10-20-9-12/h1-10,21H. The summed E-state index contributed by atoms with van der Waals surface area (Å²) in [4.78, 5) is 7.90. The van der Waals surface area contributed by atoms with Crippen LogP contribution in [0.25, 0.3) is 11.1 Å². The average Bonchev–Trinajstić information content (AvgIpc) is 2.55. The smallest absolute Gasteiger partial charge is 0.261 e. The molecule has 0 fully saturated rings. The highest BCUT2D eigenvalue weighted by Crippen LogP contribution is 2.25. The number of rotatable bonds is 4. The molecule has 0 aliphatic rings. The number of nitrogens with one attached hydrogen (secondary N) is 1. The number of nitrogens with zero attached hydrogens (tertiary/aromatic N) is 2. The molecule has 2 aromatic carbocycles. The summed E-state index contributed by atoms with van der Waals surface area (Å²) in [6.07, 6.45) is 4.81. The van der Waals surface area contributed by atoms with Gasteiger partial charge in [-0.05, 0) is 35.9 Å². The Labute approximate surface area is 149 Å². The van der Waals surface area contributed by atoms with Crippen LogP contribution in [0, 0.1) is 0 Å². The molecule has 0 spiro atoms. The van der Waals surface area contributed by atoms with Crippen molar-refractivity contribution in [3.63, 3.8) is 0 Å². The van der Waals surface area contributed by atoms with E-state index in [1.165, 1.54) is 24.5 Å². The molecule has 122 valence electrons. The Kier molecular flexibility index (Phi) is 4.71. The molecule has 0 radical (unpaired) electrons. The first-order chi connectivity index (χ1) is 11.4. The Morgan fingerprint density at radius 1 is 0.833 bits per heavy atom. The maximum absolute atomic E-state index is 12.4. The Balaban J connectivity index is 1.85. The van der Waals surface area contributed by atoms with Crippen molar-refractivity contribution in [1.29, 1.82) is 0 Å². The first kappa shape index (κ1) is 16.7. The molecule has 5 nitrogen and oxygen atoms in total. The Morgan fingerprint density at radius 3 is 2.00 bits per heavy atom. The second kappa shape index (κ2) is 6.76. The molecule has 3 rings (SSSR count). The molecule has 1 aromatic heterocycles. The van der Waals surface area contributed by atoms with Gasteiger partial charge in [0.15, 0.2) is 0 Å². The van der Waals surface area contributed by atoms with Gasteiger partial charge in [0.25, 0.3) is 10.0 Å². The molecule has 0 saturated heterocycles. The molecule has 1 N–H and O–H groups in total. The molecule has 3 aromatic rings. The molecule has 0 aliphatic heterocycles. The lowest BCUT2D eigenvalue weighted by Crippen LogP contribution is -2.12. The minimum absolute atomic E-state index is 0.000496. The van der Waals surface area contributed by atoms with E-state index in [1.54, 1.807) is 36.7 Å². The Morgan fingerprint density at radius 2 is 1.42 bits per heavy atom. The quantitative estimate of drug-likeness (QED) is 0.735. The van der Waals surface area contributed by atoms with Gasteiger partial charge in [0.2, 0.25) is 0 Å². The van der Waals surface area contributed by atoms with Crippen molar-refractivity contribution in [3.05, 3.63) is 71.2 Å². The van der Waals surface area contributed by atoms with Crippen molar-refractivity contribution in [2.24, 2.45) is 0 Å². The van der Waals surface area contributed by atoms with Gasteiger partial charge < -0.3 is 0 Å². The minimum atomic E-state index is -3.78.